The molecule has 0 saturated carbocycles. The van der Waals surface area contributed by atoms with Crippen molar-refractivity contribution in [3.8, 4) is 0 Å². The highest BCUT2D eigenvalue weighted by molar-refractivity contribution is 7.91. The molecular formula is C11H12Cl2N2O3S. The van der Waals surface area contributed by atoms with Crippen LogP contribution in [0.3, 0.4) is 0 Å². The standard InChI is InChI=1S/C11H12Cl2N2O3S/c1-7-6-19(17,18)3-2-15(7)11(16)8-4-9(12)14-10(13)5-8/h4-5,7H,2-3,6H2,1H3. The number of amides is 1. The Morgan fingerprint density at radius 3 is 2.47 bits per heavy atom. The fourth-order valence-corrected chi connectivity index (χ4v) is 4.07. The number of hydrogen-bond donors (Lipinski definition) is 0. The maximum atomic E-state index is 12.3. The minimum Gasteiger partial charge on any atom is -0.334 e. The van der Waals surface area contributed by atoms with Crippen LogP contribution in [0.4, 0.5) is 0 Å². The Kier molecular flexibility index (Phi) is 4.03. The molecule has 1 aliphatic heterocycles. The van der Waals surface area contributed by atoms with E-state index in [4.69, 9.17) is 23.2 Å². The van der Waals surface area contributed by atoms with Crippen molar-refractivity contribution in [3.05, 3.63) is 28.0 Å². The van der Waals surface area contributed by atoms with Gasteiger partial charge >= 0.3 is 0 Å². The first-order chi connectivity index (χ1) is 8.78. The SMILES string of the molecule is CC1CS(=O)(=O)CCN1C(=O)c1cc(Cl)nc(Cl)c1. The van der Waals surface area contributed by atoms with Gasteiger partial charge in [-0.05, 0) is 19.1 Å². The van der Waals surface area contributed by atoms with Gasteiger partial charge < -0.3 is 4.90 Å². The molecule has 1 aliphatic rings. The van der Waals surface area contributed by atoms with E-state index in [-0.39, 0.29) is 40.3 Å². The molecule has 104 valence electrons. The van der Waals surface area contributed by atoms with Crippen molar-refractivity contribution < 1.29 is 13.2 Å². The molecule has 1 amide bonds. The minimum atomic E-state index is -3.06. The van der Waals surface area contributed by atoms with Gasteiger partial charge in [-0.3, -0.25) is 4.79 Å². The summed E-state index contributed by atoms with van der Waals surface area (Å²) in [5.74, 6) is -0.324. The van der Waals surface area contributed by atoms with Gasteiger partial charge in [-0.2, -0.15) is 0 Å². The lowest BCUT2D eigenvalue weighted by molar-refractivity contribution is 0.0712. The zero-order valence-corrected chi connectivity index (χ0v) is 12.5. The highest BCUT2D eigenvalue weighted by atomic mass is 35.5. The zero-order chi connectivity index (χ0) is 14.2. The highest BCUT2D eigenvalue weighted by Gasteiger charge is 2.31. The molecule has 0 bridgehead atoms. The number of carbonyl (C=O) groups excluding carboxylic acids is 1. The van der Waals surface area contributed by atoms with Gasteiger partial charge in [-0.1, -0.05) is 23.2 Å². The van der Waals surface area contributed by atoms with Gasteiger partial charge in [-0.25, -0.2) is 13.4 Å². The topological polar surface area (TPSA) is 67.3 Å². The molecule has 1 aromatic heterocycles. The molecule has 1 fully saturated rings. The molecule has 1 unspecified atom stereocenters. The molecule has 0 radical (unpaired) electrons. The van der Waals surface area contributed by atoms with Crippen molar-refractivity contribution in [3.63, 3.8) is 0 Å². The number of aromatic nitrogens is 1. The molecule has 1 aromatic rings. The van der Waals surface area contributed by atoms with E-state index in [0.29, 0.717) is 5.56 Å². The molecule has 1 saturated heterocycles. The largest absolute Gasteiger partial charge is 0.334 e. The lowest BCUT2D eigenvalue weighted by atomic mass is 10.2. The van der Waals surface area contributed by atoms with E-state index < -0.39 is 9.84 Å². The summed E-state index contributed by atoms with van der Waals surface area (Å²) in [4.78, 5) is 17.6. The van der Waals surface area contributed by atoms with Crippen molar-refractivity contribution in [1.29, 1.82) is 0 Å². The molecule has 8 heteroatoms. The smallest absolute Gasteiger partial charge is 0.254 e. The molecular weight excluding hydrogens is 311 g/mol. The predicted molar refractivity (Wildman–Crippen MR) is 73.4 cm³/mol. The first kappa shape index (κ1) is 14.6. The van der Waals surface area contributed by atoms with Gasteiger partial charge in [0.1, 0.15) is 10.3 Å². The van der Waals surface area contributed by atoms with Gasteiger partial charge in [0.05, 0.1) is 11.5 Å². The molecule has 19 heavy (non-hydrogen) atoms. The molecule has 2 rings (SSSR count). The normalized spacial score (nSPS) is 22.3. The quantitative estimate of drug-likeness (QED) is 0.737. The first-order valence-electron chi connectivity index (χ1n) is 5.63. The lowest BCUT2D eigenvalue weighted by Gasteiger charge is -2.33. The van der Waals surface area contributed by atoms with Gasteiger partial charge in [0.2, 0.25) is 0 Å². The average Bonchev–Trinajstić information content (AvgIpc) is 2.25. The second-order valence-electron chi connectivity index (χ2n) is 4.46. The molecule has 0 aliphatic carbocycles. The Morgan fingerprint density at radius 1 is 1.37 bits per heavy atom. The van der Waals surface area contributed by atoms with Crippen LogP contribution >= 0.6 is 23.2 Å². The third-order valence-electron chi connectivity index (χ3n) is 2.94. The van der Waals surface area contributed by atoms with Crippen LogP contribution in [-0.4, -0.2) is 48.3 Å². The number of carbonyl (C=O) groups is 1. The van der Waals surface area contributed by atoms with Crippen molar-refractivity contribution >= 4 is 38.9 Å². The number of rotatable bonds is 1. The van der Waals surface area contributed by atoms with Crippen LogP contribution in [0.2, 0.25) is 10.3 Å². The summed E-state index contributed by atoms with van der Waals surface area (Å²) in [6.07, 6.45) is 0. The highest BCUT2D eigenvalue weighted by Crippen LogP contribution is 2.19. The summed E-state index contributed by atoms with van der Waals surface area (Å²) in [6, 6.07) is 2.48. The lowest BCUT2D eigenvalue weighted by Crippen LogP contribution is -2.49. The van der Waals surface area contributed by atoms with Gasteiger partial charge in [-0.15, -0.1) is 0 Å². The average molecular weight is 323 g/mol. The van der Waals surface area contributed by atoms with Crippen LogP contribution < -0.4 is 0 Å². The zero-order valence-electron chi connectivity index (χ0n) is 10.1. The van der Waals surface area contributed by atoms with Gasteiger partial charge in [0.25, 0.3) is 5.91 Å². The van der Waals surface area contributed by atoms with Crippen molar-refractivity contribution in [2.75, 3.05) is 18.1 Å². The molecule has 5 nitrogen and oxygen atoms in total. The molecule has 0 aromatic carbocycles. The van der Waals surface area contributed by atoms with E-state index in [1.165, 1.54) is 17.0 Å². The fraction of sp³-hybridized carbons (Fsp3) is 0.455. The van der Waals surface area contributed by atoms with Crippen molar-refractivity contribution in [2.45, 2.75) is 13.0 Å². The fourth-order valence-electron chi connectivity index (χ4n) is 2.05. The summed E-state index contributed by atoms with van der Waals surface area (Å²) in [5.41, 5.74) is 0.316. The van der Waals surface area contributed by atoms with E-state index in [1.54, 1.807) is 6.92 Å². The van der Waals surface area contributed by atoms with Crippen molar-refractivity contribution in [1.82, 2.24) is 9.88 Å². The van der Waals surface area contributed by atoms with Crippen LogP contribution in [0.15, 0.2) is 12.1 Å². The maximum Gasteiger partial charge on any atom is 0.254 e. The van der Waals surface area contributed by atoms with Crippen LogP contribution in [-0.2, 0) is 9.84 Å². The summed E-state index contributed by atoms with van der Waals surface area (Å²) >= 11 is 11.5. The van der Waals surface area contributed by atoms with Crippen LogP contribution in [0.25, 0.3) is 0 Å². The summed E-state index contributed by atoms with van der Waals surface area (Å²) in [5, 5.41) is 0.265. The summed E-state index contributed by atoms with van der Waals surface area (Å²) in [6.45, 7) is 1.89. The second kappa shape index (κ2) is 5.26. The molecule has 0 spiro atoms. The minimum absolute atomic E-state index is 0.0182. The number of nitrogens with zero attached hydrogens (tertiary/aromatic N) is 2. The maximum absolute atomic E-state index is 12.3. The predicted octanol–water partition coefficient (Wildman–Crippen LogP) is 1.65. The van der Waals surface area contributed by atoms with Crippen molar-refractivity contribution in [2.24, 2.45) is 0 Å². The van der Waals surface area contributed by atoms with Crippen LogP contribution in [0, 0.1) is 0 Å². The number of hydrogen-bond acceptors (Lipinski definition) is 4. The van der Waals surface area contributed by atoms with E-state index in [0.717, 1.165) is 0 Å². The third kappa shape index (κ3) is 3.38. The first-order valence-corrected chi connectivity index (χ1v) is 8.21. The van der Waals surface area contributed by atoms with Gasteiger partial charge in [0.15, 0.2) is 9.84 Å². The number of sulfone groups is 1. The van der Waals surface area contributed by atoms with Crippen LogP contribution in [0.1, 0.15) is 17.3 Å². The number of halogens is 2. The number of pyridine rings is 1. The summed E-state index contributed by atoms with van der Waals surface area (Å²) in [7, 11) is -3.06. The molecule has 2 heterocycles. The van der Waals surface area contributed by atoms with E-state index in [1.807, 2.05) is 0 Å². The van der Waals surface area contributed by atoms with E-state index in [2.05, 4.69) is 4.98 Å². The summed E-state index contributed by atoms with van der Waals surface area (Å²) < 4.78 is 23.0. The van der Waals surface area contributed by atoms with Crippen LogP contribution in [0.5, 0.6) is 0 Å². The van der Waals surface area contributed by atoms with E-state index in [9.17, 15) is 13.2 Å². The second-order valence-corrected chi connectivity index (χ2v) is 7.47. The molecule has 1 atom stereocenters. The Labute approximate surface area is 121 Å². The Bertz CT molecular complexity index is 598. The monoisotopic (exact) mass is 322 g/mol. The Morgan fingerprint density at radius 2 is 1.95 bits per heavy atom. The Balaban J connectivity index is 2.25. The van der Waals surface area contributed by atoms with E-state index >= 15 is 0 Å². The van der Waals surface area contributed by atoms with Gasteiger partial charge in [0, 0.05) is 18.2 Å². The Hall–Kier alpha value is -0.850. The molecule has 0 N–H and O–H groups in total. The third-order valence-corrected chi connectivity index (χ3v) is 5.12.